The molecule has 0 aliphatic carbocycles. The van der Waals surface area contributed by atoms with Gasteiger partial charge in [0.2, 0.25) is 0 Å². The Morgan fingerprint density at radius 1 is 1.35 bits per heavy atom. The molecule has 1 rings (SSSR count). The molecule has 0 bridgehead atoms. The first kappa shape index (κ1) is 14.0. The van der Waals surface area contributed by atoms with Gasteiger partial charge in [0.15, 0.2) is 0 Å². The number of hydrogen-bond acceptors (Lipinski definition) is 2. The van der Waals surface area contributed by atoms with Crippen LogP contribution in [0, 0.1) is 0 Å². The van der Waals surface area contributed by atoms with Gasteiger partial charge in [0, 0.05) is 5.02 Å². The molecule has 0 radical (unpaired) electrons. The summed E-state index contributed by atoms with van der Waals surface area (Å²) in [6.07, 6.45) is 0.275. The Bertz CT molecular complexity index is 385. The minimum absolute atomic E-state index is 0.208. The summed E-state index contributed by atoms with van der Waals surface area (Å²) in [6, 6.07) is 7.26. The van der Waals surface area contributed by atoms with Crippen LogP contribution in [0.5, 0.6) is 0 Å². The highest BCUT2D eigenvalue weighted by Crippen LogP contribution is 2.11. The maximum Gasteiger partial charge on any atom is 0.310 e. The fourth-order valence-electron chi connectivity index (χ4n) is 1.30. The van der Waals surface area contributed by atoms with Crippen molar-refractivity contribution in [3.05, 3.63) is 34.9 Å². The van der Waals surface area contributed by atoms with E-state index < -0.39 is 0 Å². The van der Waals surface area contributed by atoms with E-state index in [2.05, 4.69) is 21.1 Å². The van der Waals surface area contributed by atoms with Crippen LogP contribution in [0.3, 0.4) is 0 Å². The summed E-state index contributed by atoms with van der Waals surface area (Å²) in [7, 11) is 6.18. The number of benzene rings is 1. The molecule has 4 heteroatoms. The summed E-state index contributed by atoms with van der Waals surface area (Å²) in [5, 5.41) is 0.640. The lowest BCUT2D eigenvalue weighted by atomic mass is 10.1. The summed E-state index contributed by atoms with van der Waals surface area (Å²) in [5.41, 5.74) is 0.882. The molecule has 0 amide bonds. The van der Waals surface area contributed by atoms with Crippen molar-refractivity contribution in [2.24, 2.45) is 0 Å². The summed E-state index contributed by atoms with van der Waals surface area (Å²) >= 11 is 5.84. The van der Waals surface area contributed by atoms with Gasteiger partial charge in [0.25, 0.3) is 0 Å². The van der Waals surface area contributed by atoms with Crippen molar-refractivity contribution < 1.29 is 14.0 Å². The molecule has 0 N–H and O–H groups in total. The van der Waals surface area contributed by atoms with E-state index in [0.29, 0.717) is 11.6 Å². The zero-order chi connectivity index (χ0) is 12.9. The molecule has 0 heterocycles. The molecule has 0 aliphatic heterocycles. The fourth-order valence-corrected chi connectivity index (χ4v) is 1.51. The van der Waals surface area contributed by atoms with Gasteiger partial charge in [-0.2, -0.15) is 0 Å². The van der Waals surface area contributed by atoms with Gasteiger partial charge in [-0.15, -0.1) is 0 Å². The Labute approximate surface area is 108 Å². The molecule has 0 unspecified atom stereocenters. The second kappa shape index (κ2) is 6.03. The smallest absolute Gasteiger partial charge is 0.310 e. The van der Waals surface area contributed by atoms with E-state index in [-0.39, 0.29) is 12.4 Å². The summed E-state index contributed by atoms with van der Waals surface area (Å²) in [6.45, 7) is 1.25. The second-order valence-corrected chi connectivity index (χ2v) is 5.48. The zero-order valence-electron chi connectivity index (χ0n) is 10.6. The van der Waals surface area contributed by atoms with Gasteiger partial charge in [-0.3, -0.25) is 4.79 Å². The van der Waals surface area contributed by atoms with E-state index in [9.17, 15) is 4.79 Å². The molecule has 94 valence electrons. The van der Waals surface area contributed by atoms with Gasteiger partial charge in [0.1, 0.15) is 13.2 Å². The average molecular weight is 257 g/mol. The molecule has 0 atom stereocenters. The van der Waals surface area contributed by atoms with Crippen molar-refractivity contribution in [2.45, 2.75) is 6.42 Å². The number of ether oxygens (including phenoxy) is 1. The topological polar surface area (TPSA) is 26.3 Å². The molecular formula is C13H19ClNO2+. The van der Waals surface area contributed by atoms with Crippen LogP contribution in [-0.2, 0) is 16.0 Å². The van der Waals surface area contributed by atoms with Crippen molar-refractivity contribution in [1.29, 1.82) is 0 Å². The average Bonchev–Trinajstić information content (AvgIpc) is 2.15. The maximum atomic E-state index is 11.5. The predicted molar refractivity (Wildman–Crippen MR) is 69.0 cm³/mol. The quantitative estimate of drug-likeness (QED) is 0.596. The number of carbonyl (C=O) groups is 1. The van der Waals surface area contributed by atoms with Crippen LogP contribution in [0.15, 0.2) is 24.3 Å². The number of carbonyl (C=O) groups excluding carboxylic acids is 1. The number of likely N-dealkylation sites (N-methyl/N-ethyl adjacent to an activating group) is 1. The lowest BCUT2D eigenvalue weighted by molar-refractivity contribution is -0.870. The minimum atomic E-state index is -0.208. The van der Waals surface area contributed by atoms with Gasteiger partial charge in [-0.25, -0.2) is 0 Å². The Balaban J connectivity index is 2.35. The van der Waals surface area contributed by atoms with Crippen molar-refractivity contribution in [2.75, 3.05) is 34.3 Å². The molecule has 0 aliphatic rings. The summed E-state index contributed by atoms with van der Waals surface area (Å²) < 4.78 is 5.95. The van der Waals surface area contributed by atoms with E-state index in [1.807, 2.05) is 12.1 Å². The third-order valence-corrected chi connectivity index (χ3v) is 2.50. The van der Waals surface area contributed by atoms with Gasteiger partial charge < -0.3 is 9.22 Å². The van der Waals surface area contributed by atoms with E-state index in [1.54, 1.807) is 12.1 Å². The zero-order valence-corrected chi connectivity index (χ0v) is 11.3. The standard InChI is InChI=1S/C13H19ClNO2/c1-15(2,3)7-8-17-13(16)10-11-5-4-6-12(14)9-11/h4-6,9H,7-8,10H2,1-3H3/q+1. The van der Waals surface area contributed by atoms with Crippen molar-refractivity contribution in [3.8, 4) is 0 Å². The first-order valence-electron chi connectivity index (χ1n) is 5.57. The first-order valence-corrected chi connectivity index (χ1v) is 5.95. The largest absolute Gasteiger partial charge is 0.459 e. The van der Waals surface area contributed by atoms with E-state index >= 15 is 0 Å². The van der Waals surface area contributed by atoms with Crippen molar-refractivity contribution in [3.63, 3.8) is 0 Å². The number of hydrogen-bond donors (Lipinski definition) is 0. The second-order valence-electron chi connectivity index (χ2n) is 5.04. The molecule has 17 heavy (non-hydrogen) atoms. The normalized spacial score (nSPS) is 11.3. The predicted octanol–water partition coefficient (Wildman–Crippen LogP) is 2.13. The van der Waals surface area contributed by atoms with Gasteiger partial charge >= 0.3 is 5.97 Å². The Hall–Kier alpha value is -1.06. The minimum Gasteiger partial charge on any atom is -0.459 e. The Morgan fingerprint density at radius 2 is 2.06 bits per heavy atom. The van der Waals surface area contributed by atoms with Crippen molar-refractivity contribution >= 4 is 17.6 Å². The lowest BCUT2D eigenvalue weighted by Crippen LogP contribution is -2.38. The monoisotopic (exact) mass is 256 g/mol. The van der Waals surface area contributed by atoms with Crippen LogP contribution >= 0.6 is 11.6 Å². The van der Waals surface area contributed by atoms with Crippen LogP contribution in [0.4, 0.5) is 0 Å². The molecule has 0 spiro atoms. The van der Waals surface area contributed by atoms with E-state index in [1.165, 1.54) is 0 Å². The highest BCUT2D eigenvalue weighted by atomic mass is 35.5. The van der Waals surface area contributed by atoms with Crippen molar-refractivity contribution in [1.82, 2.24) is 0 Å². The maximum absolute atomic E-state index is 11.5. The highest BCUT2D eigenvalue weighted by molar-refractivity contribution is 6.30. The third-order valence-electron chi connectivity index (χ3n) is 2.26. The number of quaternary nitrogens is 1. The molecule has 0 aromatic heterocycles. The number of halogens is 1. The molecular weight excluding hydrogens is 238 g/mol. The third kappa shape index (κ3) is 6.29. The Kier molecular flexibility index (Phi) is 4.97. The molecule has 0 saturated carbocycles. The van der Waals surface area contributed by atoms with Crippen LogP contribution in [0.25, 0.3) is 0 Å². The SMILES string of the molecule is C[N+](C)(C)CCOC(=O)Cc1cccc(Cl)c1. The molecule has 3 nitrogen and oxygen atoms in total. The van der Waals surface area contributed by atoms with Gasteiger partial charge in [-0.1, -0.05) is 23.7 Å². The van der Waals surface area contributed by atoms with Crippen LogP contribution < -0.4 is 0 Å². The molecule has 0 saturated heterocycles. The van der Waals surface area contributed by atoms with Gasteiger partial charge in [-0.05, 0) is 17.7 Å². The number of rotatable bonds is 5. The summed E-state index contributed by atoms with van der Waals surface area (Å²) in [5.74, 6) is -0.208. The van der Waals surface area contributed by atoms with E-state index in [4.69, 9.17) is 16.3 Å². The molecule has 1 aromatic carbocycles. The van der Waals surface area contributed by atoms with Crippen LogP contribution in [0.1, 0.15) is 5.56 Å². The van der Waals surface area contributed by atoms with Gasteiger partial charge in [0.05, 0.1) is 27.6 Å². The summed E-state index contributed by atoms with van der Waals surface area (Å²) in [4.78, 5) is 11.5. The van der Waals surface area contributed by atoms with Crippen LogP contribution in [-0.4, -0.2) is 44.7 Å². The molecule has 1 aromatic rings. The lowest BCUT2D eigenvalue weighted by Gasteiger charge is -2.23. The fraction of sp³-hybridized carbons (Fsp3) is 0.462. The number of nitrogens with zero attached hydrogens (tertiary/aromatic N) is 1. The first-order chi connectivity index (χ1) is 7.87. The highest BCUT2D eigenvalue weighted by Gasteiger charge is 2.10. The molecule has 0 fully saturated rings. The van der Waals surface area contributed by atoms with E-state index in [0.717, 1.165) is 16.6 Å². The van der Waals surface area contributed by atoms with Crippen LogP contribution in [0.2, 0.25) is 5.02 Å². The Morgan fingerprint density at radius 3 is 2.65 bits per heavy atom. The number of esters is 1.